The lowest BCUT2D eigenvalue weighted by atomic mass is 10.1. The molecule has 1 fully saturated rings. The van der Waals surface area contributed by atoms with E-state index in [-0.39, 0.29) is 0 Å². The van der Waals surface area contributed by atoms with Crippen LogP contribution < -0.4 is 10.2 Å². The highest BCUT2D eigenvalue weighted by Crippen LogP contribution is 2.23. The highest BCUT2D eigenvalue weighted by atomic mass is 15.2. The zero-order valence-corrected chi connectivity index (χ0v) is 10.1. The average molecular weight is 230 g/mol. The van der Waals surface area contributed by atoms with Crippen molar-refractivity contribution < 1.29 is 0 Å². The molecule has 0 bridgehead atoms. The fraction of sp³-hybridized carbons (Fsp3) is 0.462. The fourth-order valence-electron chi connectivity index (χ4n) is 2.57. The summed E-state index contributed by atoms with van der Waals surface area (Å²) in [6, 6.07) is 7.14. The number of nitrogens with one attached hydrogen (secondary N) is 2. The molecule has 1 aromatic carbocycles. The van der Waals surface area contributed by atoms with E-state index in [1.165, 1.54) is 17.5 Å². The van der Waals surface area contributed by atoms with Gasteiger partial charge in [0.25, 0.3) is 0 Å². The summed E-state index contributed by atoms with van der Waals surface area (Å²) in [6.07, 6.45) is 3.07. The number of piperazine rings is 1. The Morgan fingerprint density at radius 1 is 1.47 bits per heavy atom. The monoisotopic (exact) mass is 230 g/mol. The number of nitrogens with zero attached hydrogens (tertiary/aromatic N) is 2. The van der Waals surface area contributed by atoms with Gasteiger partial charge in [0, 0.05) is 36.7 Å². The number of hydrogen-bond acceptors (Lipinski definition) is 3. The van der Waals surface area contributed by atoms with E-state index in [0.717, 1.165) is 25.2 Å². The Balaban J connectivity index is 1.95. The summed E-state index contributed by atoms with van der Waals surface area (Å²) in [7, 11) is 0. The summed E-state index contributed by atoms with van der Waals surface area (Å²) in [5.74, 6) is 0. The Morgan fingerprint density at radius 2 is 2.41 bits per heavy atom. The number of rotatable bonds is 2. The van der Waals surface area contributed by atoms with Crippen LogP contribution in [-0.4, -0.2) is 35.9 Å². The molecule has 0 radical (unpaired) electrons. The molecule has 1 saturated heterocycles. The van der Waals surface area contributed by atoms with E-state index in [1.54, 1.807) is 0 Å². The van der Waals surface area contributed by atoms with E-state index in [2.05, 4.69) is 45.5 Å². The first-order chi connectivity index (χ1) is 8.38. The molecule has 2 aromatic rings. The molecular formula is C13H18N4. The van der Waals surface area contributed by atoms with Crippen molar-refractivity contribution in [2.75, 3.05) is 24.5 Å². The first-order valence-electron chi connectivity index (χ1n) is 6.29. The lowest BCUT2D eigenvalue weighted by Crippen LogP contribution is -2.51. The van der Waals surface area contributed by atoms with Gasteiger partial charge in [-0.05, 0) is 24.6 Å². The van der Waals surface area contributed by atoms with Crippen LogP contribution in [-0.2, 0) is 0 Å². The first kappa shape index (κ1) is 10.6. The number of anilines is 1. The maximum atomic E-state index is 4.07. The molecule has 0 amide bonds. The molecule has 4 nitrogen and oxygen atoms in total. The zero-order chi connectivity index (χ0) is 11.7. The van der Waals surface area contributed by atoms with Gasteiger partial charge in [0.1, 0.15) is 0 Å². The second-order valence-corrected chi connectivity index (χ2v) is 4.60. The molecule has 17 heavy (non-hydrogen) atoms. The Hall–Kier alpha value is -1.55. The normalized spacial score (nSPS) is 21.0. The SMILES string of the molecule is CC[C@@H]1CNCCN1c1ccc2[nH]ncc2c1. The van der Waals surface area contributed by atoms with E-state index in [0.29, 0.717) is 6.04 Å². The van der Waals surface area contributed by atoms with Crippen LogP contribution in [0.2, 0.25) is 0 Å². The van der Waals surface area contributed by atoms with E-state index in [1.807, 2.05) is 6.20 Å². The van der Waals surface area contributed by atoms with Crippen molar-refractivity contribution in [3.05, 3.63) is 24.4 Å². The van der Waals surface area contributed by atoms with Gasteiger partial charge in [0.05, 0.1) is 11.7 Å². The second kappa shape index (κ2) is 4.37. The van der Waals surface area contributed by atoms with Crippen LogP contribution in [0.15, 0.2) is 24.4 Å². The minimum Gasteiger partial charge on any atom is -0.366 e. The third-order valence-electron chi connectivity index (χ3n) is 3.58. The highest BCUT2D eigenvalue weighted by Gasteiger charge is 2.20. The molecule has 1 atom stereocenters. The number of H-pyrrole nitrogens is 1. The van der Waals surface area contributed by atoms with E-state index in [4.69, 9.17) is 0 Å². The summed E-state index contributed by atoms with van der Waals surface area (Å²) in [5, 5.41) is 11.7. The number of fused-ring (bicyclic) bond motifs is 1. The molecule has 0 aliphatic carbocycles. The van der Waals surface area contributed by atoms with Gasteiger partial charge >= 0.3 is 0 Å². The summed E-state index contributed by atoms with van der Waals surface area (Å²) in [6.45, 7) is 5.49. The largest absolute Gasteiger partial charge is 0.366 e. The number of benzene rings is 1. The van der Waals surface area contributed by atoms with Gasteiger partial charge in [-0.1, -0.05) is 6.92 Å². The van der Waals surface area contributed by atoms with Gasteiger partial charge in [0.2, 0.25) is 0 Å². The maximum absolute atomic E-state index is 4.07. The maximum Gasteiger partial charge on any atom is 0.0651 e. The van der Waals surface area contributed by atoms with Crippen molar-refractivity contribution >= 4 is 16.6 Å². The van der Waals surface area contributed by atoms with E-state index < -0.39 is 0 Å². The van der Waals surface area contributed by atoms with Gasteiger partial charge in [-0.3, -0.25) is 5.10 Å². The van der Waals surface area contributed by atoms with E-state index in [9.17, 15) is 0 Å². The van der Waals surface area contributed by atoms with Crippen molar-refractivity contribution in [2.45, 2.75) is 19.4 Å². The molecule has 1 aromatic heterocycles. The summed E-state index contributed by atoms with van der Waals surface area (Å²) >= 11 is 0. The lowest BCUT2D eigenvalue weighted by Gasteiger charge is -2.37. The van der Waals surface area contributed by atoms with Gasteiger partial charge in [-0.15, -0.1) is 0 Å². The standard InChI is InChI=1S/C13H18N4/c1-2-11-9-14-5-6-17(11)12-3-4-13-10(7-12)8-15-16-13/h3-4,7-8,11,14H,2,5-6,9H2,1H3,(H,15,16)/t11-/m1/s1. The molecule has 4 heteroatoms. The van der Waals surface area contributed by atoms with Crippen LogP contribution in [0.4, 0.5) is 5.69 Å². The molecule has 90 valence electrons. The Morgan fingerprint density at radius 3 is 3.29 bits per heavy atom. The summed E-state index contributed by atoms with van der Waals surface area (Å²) in [4.78, 5) is 2.50. The smallest absolute Gasteiger partial charge is 0.0651 e. The van der Waals surface area contributed by atoms with Crippen molar-refractivity contribution in [3.63, 3.8) is 0 Å². The summed E-state index contributed by atoms with van der Waals surface area (Å²) in [5.41, 5.74) is 2.42. The van der Waals surface area contributed by atoms with Crippen LogP contribution >= 0.6 is 0 Å². The second-order valence-electron chi connectivity index (χ2n) is 4.60. The fourth-order valence-corrected chi connectivity index (χ4v) is 2.57. The van der Waals surface area contributed by atoms with Crippen LogP contribution in [0.3, 0.4) is 0 Å². The number of hydrogen-bond donors (Lipinski definition) is 2. The number of aromatic nitrogens is 2. The van der Waals surface area contributed by atoms with Crippen molar-refractivity contribution in [3.8, 4) is 0 Å². The third kappa shape index (κ3) is 1.89. The van der Waals surface area contributed by atoms with Crippen LogP contribution in [0.25, 0.3) is 10.9 Å². The highest BCUT2D eigenvalue weighted by molar-refractivity contribution is 5.82. The molecule has 0 saturated carbocycles. The Bertz CT molecular complexity index is 505. The van der Waals surface area contributed by atoms with Crippen molar-refractivity contribution in [1.29, 1.82) is 0 Å². The number of aromatic amines is 1. The zero-order valence-electron chi connectivity index (χ0n) is 10.1. The van der Waals surface area contributed by atoms with Crippen molar-refractivity contribution in [2.24, 2.45) is 0 Å². The topological polar surface area (TPSA) is 44.0 Å². The minimum absolute atomic E-state index is 0.605. The van der Waals surface area contributed by atoms with Gasteiger partial charge in [0.15, 0.2) is 0 Å². The molecular weight excluding hydrogens is 212 g/mol. The minimum atomic E-state index is 0.605. The Labute approximate surface area is 101 Å². The van der Waals surface area contributed by atoms with Gasteiger partial charge in [-0.25, -0.2) is 0 Å². The predicted octanol–water partition coefficient (Wildman–Crippen LogP) is 1.75. The van der Waals surface area contributed by atoms with Crippen LogP contribution in [0.1, 0.15) is 13.3 Å². The molecule has 0 unspecified atom stereocenters. The quantitative estimate of drug-likeness (QED) is 0.826. The van der Waals surface area contributed by atoms with Crippen LogP contribution in [0, 0.1) is 0 Å². The first-order valence-corrected chi connectivity index (χ1v) is 6.29. The van der Waals surface area contributed by atoms with Gasteiger partial charge in [-0.2, -0.15) is 5.10 Å². The third-order valence-corrected chi connectivity index (χ3v) is 3.58. The van der Waals surface area contributed by atoms with Gasteiger partial charge < -0.3 is 10.2 Å². The molecule has 1 aliphatic rings. The molecule has 0 spiro atoms. The van der Waals surface area contributed by atoms with Crippen molar-refractivity contribution in [1.82, 2.24) is 15.5 Å². The Kier molecular flexibility index (Phi) is 2.73. The molecule has 2 N–H and O–H groups in total. The molecule has 2 heterocycles. The van der Waals surface area contributed by atoms with E-state index >= 15 is 0 Å². The van der Waals surface area contributed by atoms with Crippen LogP contribution in [0.5, 0.6) is 0 Å². The predicted molar refractivity (Wildman–Crippen MR) is 70.4 cm³/mol. The molecule has 3 rings (SSSR count). The lowest BCUT2D eigenvalue weighted by molar-refractivity contribution is 0.466. The molecule has 1 aliphatic heterocycles. The summed E-state index contributed by atoms with van der Waals surface area (Å²) < 4.78 is 0. The average Bonchev–Trinajstić information content (AvgIpc) is 2.85.